The van der Waals surface area contributed by atoms with E-state index in [1.807, 2.05) is 54.6 Å². The summed E-state index contributed by atoms with van der Waals surface area (Å²) in [6, 6.07) is 17.1. The van der Waals surface area contributed by atoms with Crippen LogP contribution in [0.1, 0.15) is 19.3 Å². The van der Waals surface area contributed by atoms with Gasteiger partial charge in [0.05, 0.1) is 5.69 Å². The number of ether oxygens (including phenoxy) is 1. The molecule has 1 aliphatic heterocycles. The van der Waals surface area contributed by atoms with Crippen molar-refractivity contribution in [2.45, 2.75) is 19.3 Å². The molecule has 3 rings (SSSR count). The second kappa shape index (κ2) is 7.79. The predicted molar refractivity (Wildman–Crippen MR) is 91.8 cm³/mol. The summed E-state index contributed by atoms with van der Waals surface area (Å²) in [7, 11) is 0. The van der Waals surface area contributed by atoms with E-state index in [-0.39, 0.29) is 5.91 Å². The van der Waals surface area contributed by atoms with E-state index >= 15 is 0 Å². The van der Waals surface area contributed by atoms with Gasteiger partial charge in [0.2, 0.25) is 5.91 Å². The monoisotopic (exact) mass is 310 g/mol. The lowest BCUT2D eigenvalue weighted by Crippen LogP contribution is -2.30. The van der Waals surface area contributed by atoms with Gasteiger partial charge in [0.25, 0.3) is 0 Å². The molecule has 1 fully saturated rings. The minimum absolute atomic E-state index is 0.0565. The summed E-state index contributed by atoms with van der Waals surface area (Å²) in [4.78, 5) is 12.3. The van der Waals surface area contributed by atoms with Gasteiger partial charge in [-0.2, -0.15) is 0 Å². The Kier molecular flexibility index (Phi) is 5.27. The quantitative estimate of drug-likeness (QED) is 0.883. The molecule has 0 atom stereocenters. The third-order valence-corrected chi connectivity index (χ3v) is 4.06. The Morgan fingerprint density at radius 3 is 2.52 bits per heavy atom. The van der Waals surface area contributed by atoms with Crippen LogP contribution in [0, 0.1) is 5.92 Å². The fourth-order valence-electron chi connectivity index (χ4n) is 2.82. The Balaban J connectivity index is 1.64. The topological polar surface area (TPSA) is 50.4 Å². The summed E-state index contributed by atoms with van der Waals surface area (Å²) in [6.07, 6.45) is 2.70. The number of nitrogens with one attached hydrogen (secondary N) is 2. The van der Waals surface area contributed by atoms with E-state index in [4.69, 9.17) is 4.74 Å². The second-order valence-corrected chi connectivity index (χ2v) is 5.86. The van der Waals surface area contributed by atoms with Gasteiger partial charge in [-0.1, -0.05) is 30.3 Å². The van der Waals surface area contributed by atoms with E-state index in [0.717, 1.165) is 37.4 Å². The molecule has 0 unspecified atom stereocenters. The first-order valence-electron chi connectivity index (χ1n) is 8.14. The molecule has 1 saturated heterocycles. The third-order valence-electron chi connectivity index (χ3n) is 4.06. The van der Waals surface area contributed by atoms with E-state index in [2.05, 4.69) is 10.6 Å². The normalized spacial score (nSPS) is 15.1. The predicted octanol–water partition coefficient (Wildman–Crippen LogP) is 3.81. The van der Waals surface area contributed by atoms with Crippen LogP contribution >= 0.6 is 0 Å². The van der Waals surface area contributed by atoms with Gasteiger partial charge < -0.3 is 15.4 Å². The number of amides is 1. The zero-order chi connectivity index (χ0) is 15.9. The Bertz CT molecular complexity index is 637. The van der Waals surface area contributed by atoms with Crippen molar-refractivity contribution in [2.75, 3.05) is 18.4 Å². The molecule has 4 heteroatoms. The molecule has 0 bridgehead atoms. The van der Waals surface area contributed by atoms with Gasteiger partial charge in [0.15, 0.2) is 5.75 Å². The van der Waals surface area contributed by atoms with Gasteiger partial charge in [-0.3, -0.25) is 4.79 Å². The molecule has 0 aromatic heterocycles. The maximum Gasteiger partial charge on any atom is 0.224 e. The summed E-state index contributed by atoms with van der Waals surface area (Å²) >= 11 is 0. The molecule has 0 radical (unpaired) electrons. The second-order valence-electron chi connectivity index (χ2n) is 5.86. The highest BCUT2D eigenvalue weighted by molar-refractivity contribution is 5.92. The molecule has 2 aromatic rings. The van der Waals surface area contributed by atoms with E-state index in [1.165, 1.54) is 0 Å². The van der Waals surface area contributed by atoms with E-state index in [0.29, 0.717) is 18.1 Å². The molecule has 2 N–H and O–H groups in total. The molecule has 0 spiro atoms. The fraction of sp³-hybridized carbons (Fsp3) is 0.316. The summed E-state index contributed by atoms with van der Waals surface area (Å²) in [5, 5.41) is 6.32. The Morgan fingerprint density at radius 1 is 1.04 bits per heavy atom. The first kappa shape index (κ1) is 15.6. The third kappa shape index (κ3) is 4.57. The van der Waals surface area contributed by atoms with E-state index < -0.39 is 0 Å². The van der Waals surface area contributed by atoms with Crippen molar-refractivity contribution >= 4 is 11.6 Å². The van der Waals surface area contributed by atoms with Gasteiger partial charge in [-0.25, -0.2) is 0 Å². The van der Waals surface area contributed by atoms with Crippen LogP contribution in [-0.2, 0) is 4.79 Å². The van der Waals surface area contributed by atoms with Crippen molar-refractivity contribution in [3.8, 4) is 11.5 Å². The van der Waals surface area contributed by atoms with Crippen LogP contribution in [0.5, 0.6) is 11.5 Å². The first-order chi connectivity index (χ1) is 11.3. The van der Waals surface area contributed by atoms with Crippen LogP contribution in [0.4, 0.5) is 5.69 Å². The highest BCUT2D eigenvalue weighted by Crippen LogP contribution is 2.29. The number of hydrogen-bond acceptors (Lipinski definition) is 3. The summed E-state index contributed by atoms with van der Waals surface area (Å²) in [5.74, 6) is 1.95. The molecule has 1 heterocycles. The van der Waals surface area contributed by atoms with Crippen LogP contribution < -0.4 is 15.4 Å². The zero-order valence-electron chi connectivity index (χ0n) is 13.1. The molecule has 1 aliphatic rings. The Hall–Kier alpha value is -2.33. The van der Waals surface area contributed by atoms with Crippen LogP contribution in [0.3, 0.4) is 0 Å². The number of anilines is 1. The molecular formula is C19H22N2O2. The van der Waals surface area contributed by atoms with Crippen molar-refractivity contribution in [3.05, 3.63) is 54.6 Å². The van der Waals surface area contributed by atoms with Crippen LogP contribution in [0.15, 0.2) is 54.6 Å². The van der Waals surface area contributed by atoms with Crippen molar-refractivity contribution in [1.29, 1.82) is 0 Å². The van der Waals surface area contributed by atoms with Crippen LogP contribution in [0.2, 0.25) is 0 Å². The number of piperidine rings is 1. The molecular weight excluding hydrogens is 288 g/mol. The molecule has 1 amide bonds. The summed E-state index contributed by atoms with van der Waals surface area (Å²) in [6.45, 7) is 2.01. The molecule has 120 valence electrons. The molecule has 4 nitrogen and oxygen atoms in total. The van der Waals surface area contributed by atoms with E-state index in [9.17, 15) is 4.79 Å². The maximum atomic E-state index is 12.3. The van der Waals surface area contributed by atoms with Crippen molar-refractivity contribution < 1.29 is 9.53 Å². The summed E-state index contributed by atoms with van der Waals surface area (Å²) in [5.41, 5.74) is 0.718. The Morgan fingerprint density at radius 2 is 1.74 bits per heavy atom. The number of carbonyl (C=O) groups is 1. The Labute approximate surface area is 136 Å². The van der Waals surface area contributed by atoms with Gasteiger partial charge in [-0.05, 0) is 56.1 Å². The van der Waals surface area contributed by atoms with Crippen molar-refractivity contribution in [3.63, 3.8) is 0 Å². The minimum Gasteiger partial charge on any atom is -0.455 e. The van der Waals surface area contributed by atoms with Gasteiger partial charge in [0, 0.05) is 6.42 Å². The smallest absolute Gasteiger partial charge is 0.224 e. The zero-order valence-corrected chi connectivity index (χ0v) is 13.1. The standard InChI is InChI=1S/C19H22N2O2/c22-19(14-15-10-12-20-13-11-15)21-17-8-4-5-9-18(17)23-16-6-2-1-3-7-16/h1-9,15,20H,10-14H2,(H,21,22). The maximum absolute atomic E-state index is 12.3. The lowest BCUT2D eigenvalue weighted by atomic mass is 9.94. The van der Waals surface area contributed by atoms with Gasteiger partial charge >= 0.3 is 0 Å². The lowest BCUT2D eigenvalue weighted by Gasteiger charge is -2.22. The van der Waals surface area contributed by atoms with Crippen molar-refractivity contribution in [2.24, 2.45) is 5.92 Å². The van der Waals surface area contributed by atoms with Gasteiger partial charge in [0.1, 0.15) is 5.75 Å². The minimum atomic E-state index is 0.0565. The highest BCUT2D eigenvalue weighted by atomic mass is 16.5. The molecule has 23 heavy (non-hydrogen) atoms. The number of hydrogen-bond donors (Lipinski definition) is 2. The van der Waals surface area contributed by atoms with E-state index in [1.54, 1.807) is 0 Å². The largest absolute Gasteiger partial charge is 0.455 e. The number of rotatable bonds is 5. The lowest BCUT2D eigenvalue weighted by molar-refractivity contribution is -0.117. The average molecular weight is 310 g/mol. The van der Waals surface area contributed by atoms with Crippen LogP contribution in [0.25, 0.3) is 0 Å². The highest BCUT2D eigenvalue weighted by Gasteiger charge is 2.17. The van der Waals surface area contributed by atoms with Crippen molar-refractivity contribution in [1.82, 2.24) is 5.32 Å². The van der Waals surface area contributed by atoms with Crippen LogP contribution in [-0.4, -0.2) is 19.0 Å². The fourth-order valence-corrected chi connectivity index (χ4v) is 2.82. The summed E-state index contributed by atoms with van der Waals surface area (Å²) < 4.78 is 5.88. The number of carbonyl (C=O) groups excluding carboxylic acids is 1. The number of benzene rings is 2. The molecule has 2 aromatic carbocycles. The SMILES string of the molecule is O=C(CC1CCNCC1)Nc1ccccc1Oc1ccccc1. The number of para-hydroxylation sites is 3. The molecule has 0 saturated carbocycles. The average Bonchev–Trinajstić information content (AvgIpc) is 2.58. The molecule has 0 aliphatic carbocycles. The first-order valence-corrected chi connectivity index (χ1v) is 8.14. The van der Waals surface area contributed by atoms with Gasteiger partial charge in [-0.15, -0.1) is 0 Å².